The van der Waals surface area contributed by atoms with E-state index in [4.69, 9.17) is 16.3 Å². The van der Waals surface area contributed by atoms with Gasteiger partial charge in [-0.3, -0.25) is 0 Å². The number of imidazole rings is 1. The van der Waals surface area contributed by atoms with Crippen LogP contribution in [-0.2, 0) is 7.05 Å². The molecule has 0 N–H and O–H groups in total. The minimum atomic E-state index is 0.606. The zero-order valence-electron chi connectivity index (χ0n) is 9.58. The maximum Gasteiger partial charge on any atom is 0.137 e. The first kappa shape index (κ1) is 12.5. The fraction of sp³-hybridized carbons (Fsp3) is 0.250. The van der Waals surface area contributed by atoms with Crippen LogP contribution in [0.4, 0.5) is 0 Å². The number of nitrogens with zero attached hydrogens (tertiary/aromatic N) is 2. The van der Waals surface area contributed by atoms with Crippen LogP contribution < -0.4 is 4.74 Å². The van der Waals surface area contributed by atoms with E-state index >= 15 is 0 Å². The fourth-order valence-electron chi connectivity index (χ4n) is 1.65. The Hall–Kier alpha value is -1.00. The maximum atomic E-state index is 6.16. The Balaban J connectivity index is 2.45. The smallest absolute Gasteiger partial charge is 0.137 e. The van der Waals surface area contributed by atoms with E-state index in [9.17, 15) is 0 Å². The van der Waals surface area contributed by atoms with E-state index in [1.54, 1.807) is 6.33 Å². The lowest BCUT2D eigenvalue weighted by Crippen LogP contribution is -1.94. The number of hydrogen-bond donors (Lipinski definition) is 0. The van der Waals surface area contributed by atoms with Crippen molar-refractivity contribution >= 4 is 27.5 Å². The van der Waals surface area contributed by atoms with Gasteiger partial charge in [0.05, 0.1) is 23.7 Å². The molecule has 5 heteroatoms. The lowest BCUT2D eigenvalue weighted by atomic mass is 10.1. The number of halogens is 2. The SMILES string of the molecule is CCOc1ccc(-c2c(Br)ncn2C)cc1Cl. The Morgan fingerprint density at radius 1 is 1.47 bits per heavy atom. The molecule has 0 unspecified atom stereocenters. The molecule has 0 saturated carbocycles. The molecule has 90 valence electrons. The van der Waals surface area contributed by atoms with Crippen molar-refractivity contribution in [3.63, 3.8) is 0 Å². The Labute approximate surface area is 114 Å². The lowest BCUT2D eigenvalue weighted by molar-refractivity contribution is 0.340. The summed E-state index contributed by atoms with van der Waals surface area (Å²) in [5, 5.41) is 0.609. The Kier molecular flexibility index (Phi) is 3.74. The van der Waals surface area contributed by atoms with Gasteiger partial charge in [0.2, 0.25) is 0 Å². The van der Waals surface area contributed by atoms with E-state index in [2.05, 4.69) is 20.9 Å². The second-order valence-corrected chi connectivity index (χ2v) is 4.73. The summed E-state index contributed by atoms with van der Waals surface area (Å²) in [6.07, 6.45) is 1.75. The lowest BCUT2D eigenvalue weighted by Gasteiger charge is -2.08. The van der Waals surface area contributed by atoms with Gasteiger partial charge in [0, 0.05) is 12.6 Å². The number of ether oxygens (including phenoxy) is 1. The van der Waals surface area contributed by atoms with E-state index in [0.29, 0.717) is 17.4 Å². The van der Waals surface area contributed by atoms with E-state index in [1.807, 2.05) is 36.7 Å². The first-order valence-electron chi connectivity index (χ1n) is 5.23. The highest BCUT2D eigenvalue weighted by Gasteiger charge is 2.11. The Bertz CT molecular complexity index is 520. The molecule has 2 rings (SSSR count). The predicted molar refractivity (Wildman–Crippen MR) is 72.5 cm³/mol. The van der Waals surface area contributed by atoms with Crippen LogP contribution in [0.5, 0.6) is 5.75 Å². The molecule has 0 spiro atoms. The van der Waals surface area contributed by atoms with Crippen molar-refractivity contribution in [2.75, 3.05) is 6.61 Å². The summed E-state index contributed by atoms with van der Waals surface area (Å²) >= 11 is 9.58. The zero-order valence-corrected chi connectivity index (χ0v) is 11.9. The largest absolute Gasteiger partial charge is 0.492 e. The van der Waals surface area contributed by atoms with E-state index in [1.165, 1.54) is 0 Å². The van der Waals surface area contributed by atoms with Gasteiger partial charge in [-0.2, -0.15) is 0 Å². The minimum Gasteiger partial charge on any atom is -0.492 e. The molecule has 0 aliphatic carbocycles. The molecule has 0 aliphatic rings. The highest BCUT2D eigenvalue weighted by Crippen LogP contribution is 2.33. The summed E-state index contributed by atoms with van der Waals surface area (Å²) in [6, 6.07) is 5.73. The van der Waals surface area contributed by atoms with E-state index in [-0.39, 0.29) is 0 Å². The maximum absolute atomic E-state index is 6.16. The molecule has 2 aromatic rings. The second-order valence-electron chi connectivity index (χ2n) is 3.57. The normalized spacial score (nSPS) is 10.6. The summed E-state index contributed by atoms with van der Waals surface area (Å²) in [7, 11) is 1.94. The summed E-state index contributed by atoms with van der Waals surface area (Å²) < 4.78 is 8.15. The van der Waals surface area contributed by atoms with Crippen LogP contribution >= 0.6 is 27.5 Å². The average molecular weight is 316 g/mol. The first-order valence-corrected chi connectivity index (χ1v) is 6.40. The predicted octanol–water partition coefficient (Wildman–Crippen LogP) is 3.90. The first-order chi connectivity index (χ1) is 8.13. The molecule has 1 heterocycles. The van der Waals surface area contributed by atoms with Crippen LogP contribution in [0.2, 0.25) is 5.02 Å². The molecular weight excluding hydrogens is 304 g/mol. The van der Waals surface area contributed by atoms with Crippen molar-refractivity contribution in [3.8, 4) is 17.0 Å². The number of hydrogen-bond acceptors (Lipinski definition) is 2. The van der Waals surface area contributed by atoms with Gasteiger partial charge in [0.1, 0.15) is 10.4 Å². The fourth-order valence-corrected chi connectivity index (χ4v) is 2.48. The van der Waals surface area contributed by atoms with Gasteiger partial charge in [-0.15, -0.1) is 0 Å². The van der Waals surface area contributed by atoms with Crippen molar-refractivity contribution in [1.82, 2.24) is 9.55 Å². The van der Waals surface area contributed by atoms with Crippen LogP contribution in [0, 0.1) is 0 Å². The van der Waals surface area contributed by atoms with Crippen LogP contribution in [0.25, 0.3) is 11.3 Å². The van der Waals surface area contributed by atoms with Crippen molar-refractivity contribution in [2.24, 2.45) is 7.05 Å². The quantitative estimate of drug-likeness (QED) is 0.859. The molecule has 1 aromatic carbocycles. The van der Waals surface area contributed by atoms with E-state index in [0.717, 1.165) is 15.9 Å². The third kappa shape index (κ3) is 2.48. The molecular formula is C12H12BrClN2O. The molecule has 0 bridgehead atoms. The van der Waals surface area contributed by atoms with Gasteiger partial charge >= 0.3 is 0 Å². The second kappa shape index (κ2) is 5.10. The molecule has 1 aromatic heterocycles. The summed E-state index contributed by atoms with van der Waals surface area (Å²) in [5.74, 6) is 0.705. The number of aryl methyl sites for hydroxylation is 1. The molecule has 3 nitrogen and oxygen atoms in total. The minimum absolute atomic E-state index is 0.606. The molecule has 17 heavy (non-hydrogen) atoms. The van der Waals surface area contributed by atoms with Gasteiger partial charge < -0.3 is 9.30 Å². The molecule has 0 aliphatic heterocycles. The van der Waals surface area contributed by atoms with Crippen LogP contribution in [0.3, 0.4) is 0 Å². The van der Waals surface area contributed by atoms with Gasteiger partial charge in [0.15, 0.2) is 0 Å². The summed E-state index contributed by atoms with van der Waals surface area (Å²) in [5.41, 5.74) is 2.00. The van der Waals surface area contributed by atoms with Gasteiger partial charge in [-0.1, -0.05) is 11.6 Å². The van der Waals surface area contributed by atoms with E-state index < -0.39 is 0 Å². The summed E-state index contributed by atoms with van der Waals surface area (Å²) in [6.45, 7) is 2.54. The van der Waals surface area contributed by atoms with Crippen molar-refractivity contribution in [1.29, 1.82) is 0 Å². The van der Waals surface area contributed by atoms with Crippen molar-refractivity contribution in [3.05, 3.63) is 34.2 Å². The molecule has 0 radical (unpaired) electrons. The topological polar surface area (TPSA) is 27.1 Å². The van der Waals surface area contributed by atoms with Gasteiger partial charge in [0.25, 0.3) is 0 Å². The number of aromatic nitrogens is 2. The van der Waals surface area contributed by atoms with Crippen LogP contribution in [-0.4, -0.2) is 16.2 Å². The molecule has 0 saturated heterocycles. The molecule has 0 atom stereocenters. The third-order valence-corrected chi connectivity index (χ3v) is 3.27. The van der Waals surface area contributed by atoms with Crippen molar-refractivity contribution < 1.29 is 4.74 Å². The number of rotatable bonds is 3. The third-order valence-electron chi connectivity index (χ3n) is 2.40. The van der Waals surface area contributed by atoms with Crippen molar-refractivity contribution in [2.45, 2.75) is 6.92 Å². The standard InChI is InChI=1S/C12H12BrClN2O/c1-3-17-10-5-4-8(6-9(10)14)11-12(13)15-7-16(11)2/h4-7H,3H2,1-2H3. The highest BCUT2D eigenvalue weighted by molar-refractivity contribution is 9.10. The summed E-state index contributed by atoms with van der Waals surface area (Å²) in [4.78, 5) is 4.19. The Morgan fingerprint density at radius 2 is 2.24 bits per heavy atom. The molecule has 0 amide bonds. The van der Waals surface area contributed by atoms with Gasteiger partial charge in [-0.25, -0.2) is 4.98 Å². The highest BCUT2D eigenvalue weighted by atomic mass is 79.9. The monoisotopic (exact) mass is 314 g/mol. The molecule has 0 fully saturated rings. The van der Waals surface area contributed by atoms with Gasteiger partial charge in [-0.05, 0) is 41.1 Å². The average Bonchev–Trinajstić information content (AvgIpc) is 2.62. The van der Waals surface area contributed by atoms with Crippen LogP contribution in [0.15, 0.2) is 29.1 Å². The van der Waals surface area contributed by atoms with Crippen LogP contribution in [0.1, 0.15) is 6.92 Å². The number of benzene rings is 1. The zero-order chi connectivity index (χ0) is 12.4. The Morgan fingerprint density at radius 3 is 2.76 bits per heavy atom.